The number of hydrogen-bond donors (Lipinski definition) is 1. The highest BCUT2D eigenvalue weighted by Gasteiger charge is 2.20. The van der Waals surface area contributed by atoms with Gasteiger partial charge in [0.1, 0.15) is 0 Å². The molecule has 0 heterocycles. The minimum Gasteiger partial charge on any atom is -0.329 e. The molecule has 0 bridgehead atoms. The van der Waals surface area contributed by atoms with Crippen molar-refractivity contribution in [2.45, 2.75) is 47.1 Å². The Hall–Kier alpha value is -0.860. The highest BCUT2D eigenvalue weighted by atomic mass is 15.2. The van der Waals surface area contributed by atoms with Gasteiger partial charge in [-0.25, -0.2) is 0 Å². The first-order valence-electron chi connectivity index (χ1n) is 7.54. The van der Waals surface area contributed by atoms with Crippen molar-refractivity contribution in [3.8, 4) is 0 Å². The van der Waals surface area contributed by atoms with Gasteiger partial charge in [0.25, 0.3) is 0 Å². The number of nitrogens with zero attached hydrogens (tertiary/aromatic N) is 1. The SMILES string of the molecule is CCC(C)CN(CC)C(CN)c1ccc(C)cc1C. The predicted octanol–water partition coefficient (Wildman–Crippen LogP) is 3.67. The van der Waals surface area contributed by atoms with Crippen LogP contribution in [0.5, 0.6) is 0 Å². The maximum absolute atomic E-state index is 6.06. The van der Waals surface area contributed by atoms with Crippen LogP contribution >= 0.6 is 0 Å². The lowest BCUT2D eigenvalue weighted by atomic mass is 9.97. The van der Waals surface area contributed by atoms with Gasteiger partial charge >= 0.3 is 0 Å². The normalized spacial score (nSPS) is 14.7. The molecule has 1 aromatic carbocycles. The minimum absolute atomic E-state index is 0.347. The summed E-state index contributed by atoms with van der Waals surface area (Å²) >= 11 is 0. The van der Waals surface area contributed by atoms with Gasteiger partial charge in [-0.2, -0.15) is 0 Å². The summed E-state index contributed by atoms with van der Waals surface area (Å²) in [5.41, 5.74) is 10.1. The molecule has 0 aliphatic heterocycles. The molecule has 1 aromatic rings. The van der Waals surface area contributed by atoms with Crippen LogP contribution in [-0.4, -0.2) is 24.5 Å². The van der Waals surface area contributed by atoms with E-state index in [1.54, 1.807) is 0 Å². The molecule has 0 amide bonds. The lowest BCUT2D eigenvalue weighted by molar-refractivity contribution is 0.182. The Bertz CT molecular complexity index is 387. The summed E-state index contributed by atoms with van der Waals surface area (Å²) in [4.78, 5) is 2.52. The Morgan fingerprint density at radius 3 is 2.37 bits per heavy atom. The van der Waals surface area contributed by atoms with Crippen LogP contribution in [0, 0.1) is 19.8 Å². The molecular formula is C17H30N2. The summed E-state index contributed by atoms with van der Waals surface area (Å²) in [6, 6.07) is 7.05. The van der Waals surface area contributed by atoms with E-state index < -0.39 is 0 Å². The number of nitrogens with two attached hydrogens (primary N) is 1. The third-order valence-corrected chi connectivity index (χ3v) is 4.10. The Labute approximate surface area is 119 Å². The summed E-state index contributed by atoms with van der Waals surface area (Å²) in [5.74, 6) is 0.722. The molecule has 2 unspecified atom stereocenters. The molecule has 0 radical (unpaired) electrons. The van der Waals surface area contributed by atoms with Crippen LogP contribution in [0.25, 0.3) is 0 Å². The average molecular weight is 262 g/mol. The first-order valence-corrected chi connectivity index (χ1v) is 7.54. The maximum atomic E-state index is 6.06. The van der Waals surface area contributed by atoms with Crippen molar-refractivity contribution in [1.29, 1.82) is 0 Å². The van der Waals surface area contributed by atoms with Gasteiger partial charge in [0.2, 0.25) is 0 Å². The predicted molar refractivity (Wildman–Crippen MR) is 84.4 cm³/mol. The topological polar surface area (TPSA) is 29.3 Å². The van der Waals surface area contributed by atoms with E-state index in [-0.39, 0.29) is 0 Å². The number of likely N-dealkylation sites (N-methyl/N-ethyl adjacent to an activating group) is 1. The van der Waals surface area contributed by atoms with Gasteiger partial charge in [-0.05, 0) is 37.4 Å². The highest BCUT2D eigenvalue weighted by Crippen LogP contribution is 2.25. The summed E-state index contributed by atoms with van der Waals surface area (Å²) < 4.78 is 0. The smallest absolute Gasteiger partial charge is 0.0473 e. The Balaban J connectivity index is 2.96. The molecule has 108 valence electrons. The molecule has 1 rings (SSSR count). The van der Waals surface area contributed by atoms with Crippen molar-refractivity contribution < 1.29 is 0 Å². The largest absolute Gasteiger partial charge is 0.329 e. The monoisotopic (exact) mass is 262 g/mol. The van der Waals surface area contributed by atoms with Gasteiger partial charge < -0.3 is 5.73 Å². The lowest BCUT2D eigenvalue weighted by Crippen LogP contribution is -2.37. The van der Waals surface area contributed by atoms with Gasteiger partial charge in [0.15, 0.2) is 0 Å². The van der Waals surface area contributed by atoms with E-state index >= 15 is 0 Å². The first-order chi connectivity index (χ1) is 9.03. The minimum atomic E-state index is 0.347. The van der Waals surface area contributed by atoms with Crippen LogP contribution < -0.4 is 5.73 Å². The zero-order valence-electron chi connectivity index (χ0n) is 13.2. The van der Waals surface area contributed by atoms with Crippen molar-refractivity contribution in [3.63, 3.8) is 0 Å². The fourth-order valence-electron chi connectivity index (χ4n) is 2.68. The van der Waals surface area contributed by atoms with Crippen molar-refractivity contribution in [2.24, 2.45) is 11.7 Å². The third-order valence-electron chi connectivity index (χ3n) is 4.10. The molecular weight excluding hydrogens is 232 g/mol. The maximum Gasteiger partial charge on any atom is 0.0473 e. The number of benzene rings is 1. The van der Waals surface area contributed by atoms with Crippen molar-refractivity contribution in [2.75, 3.05) is 19.6 Å². The molecule has 0 saturated carbocycles. The summed E-state index contributed by atoms with van der Waals surface area (Å²) in [6.45, 7) is 14.0. The quantitative estimate of drug-likeness (QED) is 0.812. The fraction of sp³-hybridized carbons (Fsp3) is 0.647. The van der Waals surface area contributed by atoms with Crippen LogP contribution in [0.3, 0.4) is 0 Å². The number of hydrogen-bond acceptors (Lipinski definition) is 2. The molecule has 0 saturated heterocycles. The van der Waals surface area contributed by atoms with E-state index in [1.807, 2.05) is 0 Å². The van der Waals surface area contributed by atoms with Crippen LogP contribution in [0.4, 0.5) is 0 Å². The summed E-state index contributed by atoms with van der Waals surface area (Å²) in [6.07, 6.45) is 1.22. The second kappa shape index (κ2) is 7.66. The van der Waals surface area contributed by atoms with E-state index in [0.717, 1.165) is 19.0 Å². The molecule has 0 aromatic heterocycles. The molecule has 2 heteroatoms. The molecule has 2 nitrogen and oxygen atoms in total. The zero-order valence-corrected chi connectivity index (χ0v) is 13.2. The molecule has 0 spiro atoms. The van der Waals surface area contributed by atoms with E-state index in [0.29, 0.717) is 12.6 Å². The van der Waals surface area contributed by atoms with Crippen molar-refractivity contribution in [1.82, 2.24) is 4.90 Å². The molecule has 0 aliphatic rings. The highest BCUT2D eigenvalue weighted by molar-refractivity contribution is 5.33. The van der Waals surface area contributed by atoms with Crippen LogP contribution in [-0.2, 0) is 0 Å². The molecule has 19 heavy (non-hydrogen) atoms. The van der Waals surface area contributed by atoms with Gasteiger partial charge in [-0.15, -0.1) is 0 Å². The zero-order chi connectivity index (χ0) is 14.4. The Kier molecular flexibility index (Phi) is 6.53. The Morgan fingerprint density at radius 1 is 1.21 bits per heavy atom. The van der Waals surface area contributed by atoms with Crippen molar-refractivity contribution >= 4 is 0 Å². The summed E-state index contributed by atoms with van der Waals surface area (Å²) in [7, 11) is 0. The fourth-order valence-corrected chi connectivity index (χ4v) is 2.68. The average Bonchev–Trinajstić information content (AvgIpc) is 2.40. The third kappa shape index (κ3) is 4.32. The van der Waals surface area contributed by atoms with Crippen molar-refractivity contribution in [3.05, 3.63) is 34.9 Å². The van der Waals surface area contributed by atoms with Gasteiger partial charge in [0, 0.05) is 19.1 Å². The van der Waals surface area contributed by atoms with E-state index in [9.17, 15) is 0 Å². The number of aryl methyl sites for hydroxylation is 2. The van der Waals surface area contributed by atoms with Gasteiger partial charge in [-0.1, -0.05) is 51.0 Å². The molecule has 2 N–H and O–H groups in total. The van der Waals surface area contributed by atoms with Crippen LogP contribution in [0.2, 0.25) is 0 Å². The van der Waals surface area contributed by atoms with Gasteiger partial charge in [-0.3, -0.25) is 4.90 Å². The van der Waals surface area contributed by atoms with E-state index in [4.69, 9.17) is 5.73 Å². The Morgan fingerprint density at radius 2 is 1.89 bits per heavy atom. The van der Waals surface area contributed by atoms with Crippen LogP contribution in [0.1, 0.15) is 49.9 Å². The summed E-state index contributed by atoms with van der Waals surface area (Å²) in [5, 5.41) is 0. The van der Waals surface area contributed by atoms with E-state index in [2.05, 4.69) is 57.7 Å². The standard InChI is InChI=1S/C17H30N2/c1-6-13(3)12-19(7-2)17(11-18)16-9-8-14(4)10-15(16)5/h8-10,13,17H,6-7,11-12,18H2,1-5H3. The van der Waals surface area contributed by atoms with E-state index in [1.165, 1.54) is 23.1 Å². The van der Waals surface area contributed by atoms with Crippen LogP contribution in [0.15, 0.2) is 18.2 Å². The lowest BCUT2D eigenvalue weighted by Gasteiger charge is -2.33. The first kappa shape index (κ1) is 16.2. The molecule has 0 aliphatic carbocycles. The van der Waals surface area contributed by atoms with Gasteiger partial charge in [0.05, 0.1) is 0 Å². The second-order valence-corrected chi connectivity index (χ2v) is 5.71. The molecule has 0 fully saturated rings. The molecule has 2 atom stereocenters. The second-order valence-electron chi connectivity index (χ2n) is 5.71. The number of rotatable bonds is 7.